The number of thioether (sulfide) groups is 2. The van der Waals surface area contributed by atoms with Crippen LogP contribution in [0.4, 0.5) is 0 Å². The molecule has 41 heteroatoms. The van der Waals surface area contributed by atoms with E-state index in [1.165, 1.54) is 0 Å². The highest BCUT2D eigenvalue weighted by molar-refractivity contribution is 7.99. The molecule has 89 heavy (non-hydrogen) atoms. The molecule has 516 valence electrons. The maximum Gasteiger partial charge on any atom is 0.321 e. The van der Waals surface area contributed by atoms with Gasteiger partial charge in [-0.1, -0.05) is 0 Å². The average Bonchev–Trinajstić information content (AvgIpc) is 0.983. The van der Waals surface area contributed by atoms with Crippen LogP contribution in [0, 0.1) is 0 Å². The highest BCUT2D eigenvalue weighted by Gasteiger charge is 2.60. The van der Waals surface area contributed by atoms with Crippen molar-refractivity contribution in [1.29, 1.82) is 0 Å². The summed E-state index contributed by atoms with van der Waals surface area (Å²) in [4.78, 5) is 23.2. The molecule has 0 spiro atoms. The Labute approximate surface area is 511 Å². The van der Waals surface area contributed by atoms with E-state index in [1.807, 2.05) is 0 Å². The number of hydrogen-bond donors (Lipinski definition) is 23. The number of aliphatic hydroxyl groups is 19. The fraction of sp³-hybridized carbons (Fsp3) is 0.958. The molecule has 21 fully saturated rings. The molecule has 21 aliphatic rings. The second kappa shape index (κ2) is 31.9. The van der Waals surface area contributed by atoms with Gasteiger partial charge in [-0.2, -0.15) is 23.5 Å². The Morgan fingerprint density at radius 1 is 0.281 bits per heavy atom. The number of aliphatic carboxylic acids is 2. The van der Waals surface area contributed by atoms with Crippen molar-refractivity contribution < 1.29 is 183 Å². The molecule has 14 bridgehead atoms. The molecule has 0 aromatic heterocycles. The second-order valence-corrected chi connectivity index (χ2v) is 24.4. The lowest BCUT2D eigenvalue weighted by Gasteiger charge is -2.50. The lowest BCUT2D eigenvalue weighted by molar-refractivity contribution is -0.395. The van der Waals surface area contributed by atoms with E-state index >= 15 is 0 Å². The van der Waals surface area contributed by atoms with Gasteiger partial charge in [-0.3, -0.25) is 9.59 Å². The third kappa shape index (κ3) is 15.9. The molecule has 0 saturated carbocycles. The predicted octanol–water partition coefficient (Wildman–Crippen LogP) is -14.9. The monoisotopic (exact) mass is 1340 g/mol. The molecule has 0 aromatic rings. The van der Waals surface area contributed by atoms with Crippen molar-refractivity contribution in [2.75, 3.05) is 56.0 Å². The number of rotatable bonds is 15. The summed E-state index contributed by atoms with van der Waals surface area (Å²) in [5.41, 5.74) is 11.4. The van der Waals surface area contributed by atoms with Gasteiger partial charge in [0.05, 0.1) is 45.2 Å². The number of carboxylic acids is 2. The van der Waals surface area contributed by atoms with Crippen molar-refractivity contribution in [3.8, 4) is 0 Å². The Kier molecular flexibility index (Phi) is 26.2. The Morgan fingerprint density at radius 2 is 0.438 bits per heavy atom. The number of hydrogen-bond acceptors (Lipinski definition) is 39. The third-order valence-electron chi connectivity index (χ3n) is 16.2. The number of nitrogens with two attached hydrogens (primary N) is 2. The minimum atomic E-state index is -2.27. The van der Waals surface area contributed by atoms with E-state index in [0.29, 0.717) is 0 Å². The molecule has 0 amide bonds. The van der Waals surface area contributed by atoms with Crippen LogP contribution in [0.25, 0.3) is 0 Å². The van der Waals surface area contributed by atoms with Crippen LogP contribution in [0.5, 0.6) is 0 Å². The van der Waals surface area contributed by atoms with Crippen molar-refractivity contribution in [2.45, 2.75) is 227 Å². The van der Waals surface area contributed by atoms with E-state index in [4.69, 9.17) is 77.8 Å². The molecule has 14 unspecified atom stereocenters. The first kappa shape index (κ1) is 73.1. The number of carboxylic acid groups (broad SMARTS) is 2. The van der Waals surface area contributed by atoms with Crippen LogP contribution < -0.4 is 11.5 Å². The Bertz CT molecular complexity index is 2200. The standard InChI is InChI=1S/C48H80N2O37S2/c49-10(40(70)71)6-88-8-17-38-25(62)32(69)48(80-17)85-37-16(5-55)76-44(28(65)21(37)58)83-35-14(3-53)78-46(30(67)23(35)60)87-39-18(9-89-7-11(50)41(72)73)79-47(31(68)24(39)61)84-36-15(4-54)75-43(27(64)20(36)57)81-33-12(1-51)74-42(26(63)19(33)56)82-34-13(2-52)77-45(86-38)29(66)22(34)59/h10-39,42-48,51-69H,1-9,49-50H2,(H,70,71)(H,72,73)/t10-,11-,12?,13?,14?,15?,16?,17?,18?,19-,20-,21-,22-,23-,24-,25-,26?,27?,28?,29?,30?,31?,32?,33-,34-,35-,36-,37-,38-,39-,42-,43+,44+,45+,46+,47+,48-/m1/s1. The van der Waals surface area contributed by atoms with Crippen molar-refractivity contribution in [3.63, 3.8) is 0 Å². The molecule has 0 radical (unpaired) electrons. The van der Waals surface area contributed by atoms with Crippen molar-refractivity contribution in [1.82, 2.24) is 0 Å². The predicted molar refractivity (Wildman–Crippen MR) is 280 cm³/mol. The molecule has 39 nitrogen and oxygen atoms in total. The molecular weight excluding hydrogens is 1260 g/mol. The van der Waals surface area contributed by atoms with Crippen LogP contribution >= 0.6 is 23.5 Å². The lowest BCUT2D eigenvalue weighted by Crippen LogP contribution is -2.68. The van der Waals surface area contributed by atoms with Crippen LogP contribution in [0.15, 0.2) is 0 Å². The fourth-order valence-corrected chi connectivity index (χ4v) is 13.2. The smallest absolute Gasteiger partial charge is 0.321 e. The SMILES string of the molecule is N[C@H](CSCC1O[C@@H]2O[C@@H]3C(CO)O[C@@H](O[C@@H]4C(CO)O[C@@H](O[C@@H]5C(CSC[C@@H](N)C(=O)O)O[C@@H](O[C@@H]6C(CO)O[C@@H](O[C@@H]7C(CO)O[C@H](O[C@@H]8C(CO)O[C@@H](O[C@H]1[C@H](O)C2O)C(O)[C@H]8O)C(O)[C@H]7O)C(O)[C@H]6O)C(O)[C@H]5O)C(O)[C@H]4O)C(O)[C@H]3O)C(=O)O. The Balaban J connectivity index is 1.11. The minimum Gasteiger partial charge on any atom is -0.480 e. The summed E-state index contributed by atoms with van der Waals surface area (Å²) in [6, 6.07) is -2.94. The van der Waals surface area contributed by atoms with Gasteiger partial charge >= 0.3 is 11.9 Å². The lowest BCUT2D eigenvalue weighted by atomic mass is 9.95. The zero-order chi connectivity index (χ0) is 65.2. The molecule has 25 N–H and O–H groups in total. The normalized spacial score (nSPS) is 50.1. The van der Waals surface area contributed by atoms with Crippen LogP contribution in [-0.4, -0.2) is 402 Å². The topological polar surface area (TPSA) is 640 Å². The van der Waals surface area contributed by atoms with E-state index in [2.05, 4.69) is 0 Å². The molecule has 21 aliphatic heterocycles. The highest BCUT2D eigenvalue weighted by Crippen LogP contribution is 2.40. The summed E-state index contributed by atoms with van der Waals surface area (Å²) in [5.74, 6) is -4.26. The summed E-state index contributed by atoms with van der Waals surface area (Å²) >= 11 is 1.60. The Morgan fingerprint density at radius 3 is 0.596 bits per heavy atom. The van der Waals surface area contributed by atoms with Gasteiger partial charge in [-0.05, 0) is 0 Å². The molecule has 21 saturated heterocycles. The van der Waals surface area contributed by atoms with Gasteiger partial charge in [-0.25, -0.2) is 0 Å². The van der Waals surface area contributed by atoms with Crippen molar-refractivity contribution in [3.05, 3.63) is 0 Å². The zero-order valence-corrected chi connectivity index (χ0v) is 48.3. The number of ether oxygens (including phenoxy) is 14. The molecular formula is C48H80N2O37S2. The van der Waals surface area contributed by atoms with Crippen molar-refractivity contribution in [2.24, 2.45) is 11.5 Å². The molecule has 0 aliphatic carbocycles. The van der Waals surface area contributed by atoms with Crippen LogP contribution in [0.3, 0.4) is 0 Å². The fourth-order valence-electron chi connectivity index (χ4n) is 11.2. The summed E-state index contributed by atoms with van der Waals surface area (Å²) in [6.45, 7) is -5.43. The van der Waals surface area contributed by atoms with Gasteiger partial charge in [0.25, 0.3) is 0 Å². The summed E-state index contributed by atoms with van der Waals surface area (Å²) in [6.07, 6.45) is -71.4. The van der Waals surface area contributed by atoms with Gasteiger partial charge in [0.15, 0.2) is 44.0 Å². The first-order valence-electron chi connectivity index (χ1n) is 28.1. The van der Waals surface area contributed by atoms with Gasteiger partial charge < -0.3 is 185 Å². The highest BCUT2D eigenvalue weighted by atomic mass is 32.2. The second-order valence-electron chi connectivity index (χ2n) is 22.3. The van der Waals surface area contributed by atoms with E-state index in [9.17, 15) is 117 Å². The van der Waals surface area contributed by atoms with Gasteiger partial charge in [0.1, 0.15) is 171 Å². The minimum absolute atomic E-state index is 0.319. The van der Waals surface area contributed by atoms with Crippen LogP contribution in [0.1, 0.15) is 0 Å². The Hall–Kier alpha value is -1.76. The van der Waals surface area contributed by atoms with Crippen LogP contribution in [0.2, 0.25) is 0 Å². The van der Waals surface area contributed by atoms with Gasteiger partial charge in [-0.15, -0.1) is 0 Å². The summed E-state index contributed by atoms with van der Waals surface area (Å²) in [5, 5.41) is 233. The largest absolute Gasteiger partial charge is 0.480 e. The quantitative estimate of drug-likeness (QED) is 0.0724. The van der Waals surface area contributed by atoms with E-state index in [0.717, 1.165) is 23.5 Å². The first-order valence-corrected chi connectivity index (χ1v) is 30.4. The van der Waals surface area contributed by atoms with E-state index in [-0.39, 0.29) is 11.5 Å². The van der Waals surface area contributed by atoms with E-state index < -0.39 is 284 Å². The molecule has 37 atom stereocenters. The number of carbonyl (C=O) groups is 2. The molecule has 21 heterocycles. The summed E-state index contributed by atoms with van der Waals surface area (Å²) in [7, 11) is 0. The zero-order valence-electron chi connectivity index (χ0n) is 46.6. The first-order chi connectivity index (χ1) is 42.2. The molecule has 21 rings (SSSR count). The summed E-state index contributed by atoms with van der Waals surface area (Å²) < 4.78 is 81.6. The molecule has 0 aromatic carbocycles. The van der Waals surface area contributed by atoms with E-state index in [1.54, 1.807) is 0 Å². The number of aliphatic hydroxyl groups excluding tert-OH is 19. The van der Waals surface area contributed by atoms with Gasteiger partial charge in [0.2, 0.25) is 0 Å². The average molecular weight is 1340 g/mol. The third-order valence-corrected chi connectivity index (χ3v) is 18.5. The maximum absolute atomic E-state index is 11.7. The van der Waals surface area contributed by atoms with Crippen molar-refractivity contribution >= 4 is 35.5 Å². The maximum atomic E-state index is 11.7. The van der Waals surface area contributed by atoms with Gasteiger partial charge in [0, 0.05) is 23.0 Å². The van der Waals surface area contributed by atoms with Crippen LogP contribution in [-0.2, 0) is 75.9 Å².